The second-order valence-electron chi connectivity index (χ2n) is 5.93. The lowest BCUT2D eigenvalue weighted by Crippen LogP contribution is -2.34. The van der Waals surface area contributed by atoms with Crippen molar-refractivity contribution < 1.29 is 5.11 Å². The molecule has 0 aromatic rings. The maximum Gasteiger partial charge on any atom is 0.0762 e. The van der Waals surface area contributed by atoms with Crippen molar-refractivity contribution in [2.24, 2.45) is 17.3 Å². The van der Waals surface area contributed by atoms with E-state index in [4.69, 9.17) is 0 Å². The average Bonchev–Trinajstić information content (AvgIpc) is 2.29. The molecule has 0 bridgehead atoms. The fraction of sp³-hybridized carbons (Fsp3) is 0.857. The van der Waals surface area contributed by atoms with E-state index in [1.807, 2.05) is 0 Å². The molecule has 0 aliphatic heterocycles. The lowest BCUT2D eigenvalue weighted by atomic mass is 9.67. The molecule has 0 saturated heterocycles. The third-order valence-corrected chi connectivity index (χ3v) is 4.57. The Morgan fingerprint density at radius 1 is 1.33 bits per heavy atom. The maximum atomic E-state index is 10.2. The average molecular weight is 208 g/mol. The molecule has 1 N–H and O–H groups in total. The minimum absolute atomic E-state index is 0.192. The first kappa shape index (κ1) is 11.2. The van der Waals surface area contributed by atoms with E-state index in [0.29, 0.717) is 17.3 Å². The Balaban J connectivity index is 2.30. The lowest BCUT2D eigenvalue weighted by Gasteiger charge is -2.37. The number of hydrogen-bond acceptors (Lipinski definition) is 1. The normalized spacial score (nSPS) is 41.3. The van der Waals surface area contributed by atoms with Gasteiger partial charge in [0.1, 0.15) is 0 Å². The molecule has 1 nitrogen and oxygen atoms in total. The number of fused-ring (bicyclic) bond motifs is 1. The Morgan fingerprint density at radius 2 is 2.07 bits per heavy atom. The molecule has 1 heteroatoms. The molecule has 2 rings (SSSR count). The molecule has 15 heavy (non-hydrogen) atoms. The van der Waals surface area contributed by atoms with Gasteiger partial charge in [-0.1, -0.05) is 45.3 Å². The quantitative estimate of drug-likeness (QED) is 0.654. The minimum atomic E-state index is -0.192. The van der Waals surface area contributed by atoms with Gasteiger partial charge in [-0.25, -0.2) is 0 Å². The fourth-order valence-corrected chi connectivity index (χ4v) is 3.90. The molecular weight excluding hydrogens is 184 g/mol. The molecule has 2 aliphatic rings. The van der Waals surface area contributed by atoms with Crippen LogP contribution in [-0.2, 0) is 0 Å². The molecule has 86 valence electrons. The van der Waals surface area contributed by atoms with Crippen molar-refractivity contribution in [2.75, 3.05) is 0 Å². The van der Waals surface area contributed by atoms with Crippen LogP contribution in [0.3, 0.4) is 0 Å². The predicted molar refractivity (Wildman–Crippen MR) is 63.6 cm³/mol. The van der Waals surface area contributed by atoms with Crippen LogP contribution in [0.15, 0.2) is 11.6 Å². The summed E-state index contributed by atoms with van der Waals surface area (Å²) in [6.45, 7) is 6.88. The maximum absolute atomic E-state index is 10.2. The zero-order valence-corrected chi connectivity index (χ0v) is 10.3. The summed E-state index contributed by atoms with van der Waals surface area (Å²) in [5.74, 6) is 1.03. The van der Waals surface area contributed by atoms with E-state index < -0.39 is 0 Å². The van der Waals surface area contributed by atoms with Crippen LogP contribution in [0.25, 0.3) is 0 Å². The van der Waals surface area contributed by atoms with Gasteiger partial charge in [0.2, 0.25) is 0 Å². The van der Waals surface area contributed by atoms with Gasteiger partial charge < -0.3 is 5.11 Å². The molecule has 0 heterocycles. The van der Waals surface area contributed by atoms with Crippen molar-refractivity contribution in [2.45, 2.75) is 59.0 Å². The van der Waals surface area contributed by atoms with E-state index in [1.54, 1.807) is 5.57 Å². The third-order valence-electron chi connectivity index (χ3n) is 4.57. The van der Waals surface area contributed by atoms with E-state index in [1.165, 1.54) is 32.1 Å². The van der Waals surface area contributed by atoms with Crippen LogP contribution in [0.5, 0.6) is 0 Å². The van der Waals surface area contributed by atoms with Crippen LogP contribution in [0, 0.1) is 17.3 Å². The highest BCUT2D eigenvalue weighted by molar-refractivity contribution is 5.26. The van der Waals surface area contributed by atoms with Crippen molar-refractivity contribution >= 4 is 0 Å². The van der Waals surface area contributed by atoms with Gasteiger partial charge in [0, 0.05) is 0 Å². The van der Waals surface area contributed by atoms with E-state index >= 15 is 0 Å². The molecule has 1 saturated carbocycles. The Hall–Kier alpha value is -0.300. The van der Waals surface area contributed by atoms with Gasteiger partial charge in [0.15, 0.2) is 0 Å². The van der Waals surface area contributed by atoms with Gasteiger partial charge in [0.25, 0.3) is 0 Å². The molecule has 0 aromatic heterocycles. The van der Waals surface area contributed by atoms with Crippen LogP contribution < -0.4 is 0 Å². The summed E-state index contributed by atoms with van der Waals surface area (Å²) in [5, 5.41) is 10.2. The van der Waals surface area contributed by atoms with Crippen molar-refractivity contribution in [3.8, 4) is 0 Å². The SMILES string of the molecule is CC(C)[C@H]1[C@H](O)C=C2CCCCC[C@@]21C. The van der Waals surface area contributed by atoms with Crippen LogP contribution in [0.1, 0.15) is 52.9 Å². The fourth-order valence-electron chi connectivity index (χ4n) is 3.90. The highest BCUT2D eigenvalue weighted by atomic mass is 16.3. The van der Waals surface area contributed by atoms with Crippen molar-refractivity contribution in [3.05, 3.63) is 11.6 Å². The molecule has 0 unspecified atom stereocenters. The van der Waals surface area contributed by atoms with Crippen molar-refractivity contribution in [1.29, 1.82) is 0 Å². The van der Waals surface area contributed by atoms with Gasteiger partial charge in [-0.05, 0) is 36.5 Å². The van der Waals surface area contributed by atoms with Crippen molar-refractivity contribution in [3.63, 3.8) is 0 Å². The summed E-state index contributed by atoms with van der Waals surface area (Å²) < 4.78 is 0. The highest BCUT2D eigenvalue weighted by Crippen LogP contribution is 2.53. The summed E-state index contributed by atoms with van der Waals surface area (Å²) in [4.78, 5) is 0. The molecule has 2 aliphatic carbocycles. The number of rotatable bonds is 1. The first-order valence-electron chi connectivity index (χ1n) is 6.45. The molecule has 0 spiro atoms. The van der Waals surface area contributed by atoms with Gasteiger partial charge in [-0.15, -0.1) is 0 Å². The van der Waals surface area contributed by atoms with Gasteiger partial charge in [-0.2, -0.15) is 0 Å². The first-order chi connectivity index (χ1) is 7.05. The Bertz CT molecular complexity index is 267. The summed E-state index contributed by atoms with van der Waals surface area (Å²) in [5.41, 5.74) is 1.84. The summed E-state index contributed by atoms with van der Waals surface area (Å²) in [7, 11) is 0. The monoisotopic (exact) mass is 208 g/mol. The zero-order valence-electron chi connectivity index (χ0n) is 10.3. The number of aliphatic hydroxyl groups is 1. The Kier molecular flexibility index (Phi) is 2.94. The van der Waals surface area contributed by atoms with Gasteiger partial charge in [-0.3, -0.25) is 0 Å². The summed E-state index contributed by atoms with van der Waals surface area (Å²) >= 11 is 0. The molecular formula is C14H24O. The Morgan fingerprint density at radius 3 is 2.73 bits per heavy atom. The number of aliphatic hydroxyl groups excluding tert-OH is 1. The second-order valence-corrected chi connectivity index (χ2v) is 5.93. The first-order valence-corrected chi connectivity index (χ1v) is 6.45. The second kappa shape index (κ2) is 3.93. The molecule has 0 aromatic carbocycles. The highest BCUT2D eigenvalue weighted by Gasteiger charge is 2.46. The third kappa shape index (κ3) is 1.75. The molecule has 0 amide bonds. The molecule has 3 atom stereocenters. The zero-order chi connectivity index (χ0) is 11.1. The lowest BCUT2D eigenvalue weighted by molar-refractivity contribution is 0.0600. The topological polar surface area (TPSA) is 20.2 Å². The minimum Gasteiger partial charge on any atom is -0.389 e. The number of hydrogen-bond donors (Lipinski definition) is 1. The van der Waals surface area contributed by atoms with E-state index in [-0.39, 0.29) is 6.10 Å². The van der Waals surface area contributed by atoms with E-state index in [2.05, 4.69) is 26.8 Å². The van der Waals surface area contributed by atoms with Gasteiger partial charge in [0.05, 0.1) is 6.10 Å². The number of allylic oxidation sites excluding steroid dienone is 1. The van der Waals surface area contributed by atoms with E-state index in [0.717, 1.165) is 0 Å². The summed E-state index contributed by atoms with van der Waals surface area (Å²) in [6.07, 6.45) is 8.49. The van der Waals surface area contributed by atoms with Crippen LogP contribution in [0.4, 0.5) is 0 Å². The smallest absolute Gasteiger partial charge is 0.0762 e. The molecule has 1 fully saturated rings. The van der Waals surface area contributed by atoms with Crippen LogP contribution in [-0.4, -0.2) is 11.2 Å². The molecule has 0 radical (unpaired) electrons. The van der Waals surface area contributed by atoms with Crippen LogP contribution >= 0.6 is 0 Å². The Labute approximate surface area is 93.6 Å². The van der Waals surface area contributed by atoms with Crippen LogP contribution in [0.2, 0.25) is 0 Å². The van der Waals surface area contributed by atoms with E-state index in [9.17, 15) is 5.11 Å². The largest absolute Gasteiger partial charge is 0.389 e. The predicted octanol–water partition coefficient (Wildman–Crippen LogP) is 3.53. The van der Waals surface area contributed by atoms with Crippen molar-refractivity contribution in [1.82, 2.24) is 0 Å². The van der Waals surface area contributed by atoms with Gasteiger partial charge >= 0.3 is 0 Å². The summed E-state index contributed by atoms with van der Waals surface area (Å²) in [6, 6.07) is 0. The standard InChI is InChI=1S/C14H24O/c1-10(2)13-12(15)9-11-7-5-4-6-8-14(11,13)3/h9-10,12-13,15H,4-8H2,1-3H3/t12-,13+,14+/m1/s1.